The second kappa shape index (κ2) is 6.15. The number of allylic oxidation sites excluding steroid dienone is 4. The van der Waals surface area contributed by atoms with Crippen molar-refractivity contribution in [3.05, 3.63) is 71.0 Å². The van der Waals surface area contributed by atoms with Crippen LogP contribution in [0.15, 0.2) is 54.9 Å². The lowest BCUT2D eigenvalue weighted by molar-refractivity contribution is 0.412. The van der Waals surface area contributed by atoms with Gasteiger partial charge in [0.1, 0.15) is 5.75 Å². The number of aromatic nitrogens is 1. The molecule has 3 heteroatoms. The summed E-state index contributed by atoms with van der Waals surface area (Å²) in [6.07, 6.45) is 10.0. The van der Waals surface area contributed by atoms with Gasteiger partial charge in [-0.15, -0.1) is 0 Å². The number of rotatable bonds is 3. The van der Waals surface area contributed by atoms with Crippen molar-refractivity contribution >= 4 is 22.7 Å². The Hall–Kier alpha value is -2.06. The van der Waals surface area contributed by atoms with Gasteiger partial charge in [-0.05, 0) is 47.8 Å². The summed E-state index contributed by atoms with van der Waals surface area (Å²) in [5.74, 6) is 0.863. The van der Waals surface area contributed by atoms with Gasteiger partial charge in [0.15, 0.2) is 0 Å². The molecule has 1 aliphatic carbocycles. The molecule has 1 heterocycles. The van der Waals surface area contributed by atoms with Crippen molar-refractivity contribution in [2.45, 2.75) is 12.8 Å². The molecule has 0 bridgehead atoms. The lowest BCUT2D eigenvalue weighted by Crippen LogP contribution is -1.98. The Bertz CT molecular complexity index is 701. The summed E-state index contributed by atoms with van der Waals surface area (Å²) in [5, 5.41) is 0.750. The molecule has 3 rings (SSSR count). The Morgan fingerprint density at radius 2 is 1.95 bits per heavy atom. The van der Waals surface area contributed by atoms with Crippen LogP contribution in [0.25, 0.3) is 11.1 Å². The molecule has 0 amide bonds. The fourth-order valence-electron chi connectivity index (χ4n) is 2.63. The summed E-state index contributed by atoms with van der Waals surface area (Å²) >= 11 is 5.99. The highest BCUT2D eigenvalue weighted by Crippen LogP contribution is 2.38. The van der Waals surface area contributed by atoms with E-state index in [0.717, 1.165) is 34.7 Å². The van der Waals surface area contributed by atoms with Gasteiger partial charge in [0.25, 0.3) is 0 Å². The monoisotopic (exact) mass is 297 g/mol. The Balaban J connectivity index is 2.15. The van der Waals surface area contributed by atoms with E-state index < -0.39 is 0 Å². The molecule has 0 fully saturated rings. The van der Waals surface area contributed by atoms with Crippen molar-refractivity contribution < 1.29 is 4.74 Å². The highest BCUT2D eigenvalue weighted by molar-refractivity contribution is 6.30. The minimum absolute atomic E-state index is 0.750. The van der Waals surface area contributed by atoms with E-state index >= 15 is 0 Å². The molecule has 2 nitrogen and oxygen atoms in total. The zero-order chi connectivity index (χ0) is 14.7. The van der Waals surface area contributed by atoms with Crippen LogP contribution in [-0.2, 0) is 0 Å². The molecule has 0 spiro atoms. The molecule has 106 valence electrons. The third-order valence-electron chi connectivity index (χ3n) is 3.65. The average molecular weight is 298 g/mol. The third kappa shape index (κ3) is 2.86. The van der Waals surface area contributed by atoms with Crippen LogP contribution < -0.4 is 4.74 Å². The fraction of sp³-hybridized carbons (Fsp3) is 0.167. The largest absolute Gasteiger partial charge is 0.496 e. The predicted molar refractivity (Wildman–Crippen MR) is 87.4 cm³/mol. The molecule has 0 atom stereocenters. The van der Waals surface area contributed by atoms with Crippen molar-refractivity contribution in [2.24, 2.45) is 0 Å². The molecule has 0 N–H and O–H groups in total. The van der Waals surface area contributed by atoms with E-state index in [9.17, 15) is 0 Å². The highest BCUT2D eigenvalue weighted by atomic mass is 35.5. The van der Waals surface area contributed by atoms with Crippen LogP contribution in [0.1, 0.15) is 24.0 Å². The van der Waals surface area contributed by atoms with Crippen LogP contribution in [0.4, 0.5) is 0 Å². The lowest BCUT2D eigenvalue weighted by atomic mass is 9.88. The van der Waals surface area contributed by atoms with E-state index in [0.29, 0.717) is 0 Å². The number of ether oxygens (including phenoxy) is 1. The number of methoxy groups -OCH3 is 1. The van der Waals surface area contributed by atoms with E-state index in [4.69, 9.17) is 16.3 Å². The number of hydrogen-bond acceptors (Lipinski definition) is 2. The van der Waals surface area contributed by atoms with Gasteiger partial charge in [0.05, 0.1) is 7.11 Å². The van der Waals surface area contributed by atoms with Gasteiger partial charge in [-0.25, -0.2) is 0 Å². The number of nitrogens with zero attached hydrogens (tertiary/aromatic N) is 1. The Morgan fingerprint density at radius 1 is 1.14 bits per heavy atom. The predicted octanol–water partition coefficient (Wildman–Crippen LogP) is 5.00. The van der Waals surface area contributed by atoms with Crippen molar-refractivity contribution in [1.29, 1.82) is 0 Å². The molecule has 0 saturated heterocycles. The second-order valence-electron chi connectivity index (χ2n) is 4.92. The zero-order valence-corrected chi connectivity index (χ0v) is 12.6. The van der Waals surface area contributed by atoms with Crippen molar-refractivity contribution in [1.82, 2.24) is 4.98 Å². The molecule has 0 aliphatic heterocycles. The fourth-order valence-corrected chi connectivity index (χ4v) is 2.76. The molecule has 21 heavy (non-hydrogen) atoms. The topological polar surface area (TPSA) is 22.1 Å². The van der Waals surface area contributed by atoms with Crippen molar-refractivity contribution in [3.8, 4) is 5.75 Å². The first-order chi connectivity index (χ1) is 10.3. The minimum atomic E-state index is 0.750. The first kappa shape index (κ1) is 13.9. The molecule has 0 unspecified atom stereocenters. The van der Waals surface area contributed by atoms with E-state index in [2.05, 4.69) is 29.3 Å². The first-order valence-corrected chi connectivity index (χ1v) is 7.31. The van der Waals surface area contributed by atoms with E-state index in [-0.39, 0.29) is 0 Å². The minimum Gasteiger partial charge on any atom is -0.496 e. The normalized spacial score (nSPS) is 14.4. The van der Waals surface area contributed by atoms with Gasteiger partial charge < -0.3 is 4.74 Å². The summed E-state index contributed by atoms with van der Waals surface area (Å²) in [6, 6.07) is 9.85. The van der Waals surface area contributed by atoms with E-state index in [1.54, 1.807) is 13.3 Å². The molecule has 0 radical (unpaired) electrons. The summed E-state index contributed by atoms with van der Waals surface area (Å²) < 4.78 is 5.48. The van der Waals surface area contributed by atoms with Crippen molar-refractivity contribution in [3.63, 3.8) is 0 Å². The van der Waals surface area contributed by atoms with Crippen LogP contribution in [0.2, 0.25) is 5.02 Å². The quantitative estimate of drug-likeness (QED) is 0.795. The summed E-state index contributed by atoms with van der Waals surface area (Å²) in [6.45, 7) is 0. The third-order valence-corrected chi connectivity index (χ3v) is 3.90. The summed E-state index contributed by atoms with van der Waals surface area (Å²) in [5.41, 5.74) is 4.71. The van der Waals surface area contributed by atoms with Gasteiger partial charge in [-0.1, -0.05) is 35.9 Å². The smallest absolute Gasteiger partial charge is 0.129 e. The maximum absolute atomic E-state index is 5.99. The molecular weight excluding hydrogens is 282 g/mol. The van der Waals surface area contributed by atoms with E-state index in [1.807, 2.05) is 24.4 Å². The van der Waals surface area contributed by atoms with Crippen LogP contribution in [0.5, 0.6) is 5.75 Å². The number of hydrogen-bond donors (Lipinski definition) is 0. The molecule has 1 aromatic carbocycles. The standard InChI is InChI=1S/C18H16ClNO/c1-21-18-10-11-20-12-17(18)16-5-3-2-4-15(16)13-6-8-14(19)9-7-13/h2,4,6-12H,3,5H2,1H3. The second-order valence-corrected chi connectivity index (χ2v) is 5.35. The Labute approximate surface area is 129 Å². The molecule has 1 aromatic heterocycles. The van der Waals surface area contributed by atoms with Gasteiger partial charge >= 0.3 is 0 Å². The van der Waals surface area contributed by atoms with E-state index in [1.165, 1.54) is 11.1 Å². The number of halogens is 1. The first-order valence-electron chi connectivity index (χ1n) is 6.93. The van der Waals surface area contributed by atoms with Crippen LogP contribution >= 0.6 is 11.6 Å². The van der Waals surface area contributed by atoms with Gasteiger partial charge in [0.2, 0.25) is 0 Å². The lowest BCUT2D eigenvalue weighted by Gasteiger charge is -2.18. The zero-order valence-electron chi connectivity index (χ0n) is 11.8. The van der Waals surface area contributed by atoms with Crippen LogP contribution in [0, 0.1) is 0 Å². The van der Waals surface area contributed by atoms with Crippen LogP contribution in [0.3, 0.4) is 0 Å². The Morgan fingerprint density at radius 3 is 2.71 bits per heavy atom. The molecule has 2 aromatic rings. The maximum atomic E-state index is 5.99. The summed E-state index contributed by atoms with van der Waals surface area (Å²) in [4.78, 5) is 4.25. The average Bonchev–Trinajstić information content (AvgIpc) is 2.55. The van der Waals surface area contributed by atoms with Gasteiger partial charge in [0, 0.05) is 23.0 Å². The van der Waals surface area contributed by atoms with Crippen LogP contribution in [-0.4, -0.2) is 12.1 Å². The molecule has 1 aliphatic rings. The number of benzene rings is 1. The van der Waals surface area contributed by atoms with Gasteiger partial charge in [-0.2, -0.15) is 0 Å². The van der Waals surface area contributed by atoms with Crippen molar-refractivity contribution in [2.75, 3.05) is 7.11 Å². The number of pyridine rings is 1. The maximum Gasteiger partial charge on any atom is 0.129 e. The SMILES string of the molecule is COc1ccncc1C1=C(c2ccc(Cl)cc2)C=CCC1. The molecule has 0 saturated carbocycles. The van der Waals surface area contributed by atoms with Gasteiger partial charge in [-0.3, -0.25) is 4.98 Å². The highest BCUT2D eigenvalue weighted by Gasteiger charge is 2.16. The summed E-state index contributed by atoms with van der Waals surface area (Å²) in [7, 11) is 1.69. The molecular formula is C18H16ClNO. The Kier molecular flexibility index (Phi) is 4.07.